The van der Waals surface area contributed by atoms with Gasteiger partial charge < -0.3 is 20.3 Å². The molecule has 2 aliphatic rings. The molecule has 2 bridgehead atoms. The Morgan fingerprint density at radius 3 is 2.52 bits per heavy atom. The number of carbonyl (C=O) groups is 1. The van der Waals surface area contributed by atoms with Gasteiger partial charge in [-0.2, -0.15) is 0 Å². The zero-order valence-corrected chi connectivity index (χ0v) is 14.1. The van der Waals surface area contributed by atoms with E-state index in [1.807, 2.05) is 30.3 Å². The average Bonchev–Trinajstić information content (AvgIpc) is 2.80. The quantitative estimate of drug-likeness (QED) is 0.827. The number of hydrogen-bond acceptors (Lipinski definition) is 3. The van der Waals surface area contributed by atoms with Crippen LogP contribution in [0.25, 0.3) is 0 Å². The number of fused-ring (bicyclic) bond motifs is 2. The van der Waals surface area contributed by atoms with E-state index in [2.05, 4.69) is 15.5 Å². The summed E-state index contributed by atoms with van der Waals surface area (Å²) >= 11 is 5.63. The number of para-hydroxylation sites is 1. The summed E-state index contributed by atoms with van der Waals surface area (Å²) in [5, 5.41) is 7.21. The Labute approximate surface area is 142 Å². The van der Waals surface area contributed by atoms with Gasteiger partial charge in [0.1, 0.15) is 6.61 Å². The van der Waals surface area contributed by atoms with Crippen LogP contribution in [0.4, 0.5) is 5.69 Å². The standard InChI is InChI=1S/C17H23N3O2S/c1-22-11-16(21)18-13-9-14-7-8-15(10-13)20(14)17(23)19-12-5-3-2-4-6-12/h2-6,13-15H,7-11H2,1H3,(H,18,21)(H,19,23). The molecular weight excluding hydrogens is 310 g/mol. The third-order valence-corrected chi connectivity index (χ3v) is 4.95. The molecule has 6 heteroatoms. The molecule has 0 aliphatic carbocycles. The van der Waals surface area contributed by atoms with Crippen molar-refractivity contribution in [2.24, 2.45) is 0 Å². The largest absolute Gasteiger partial charge is 0.375 e. The number of hydrogen-bond donors (Lipinski definition) is 2. The first kappa shape index (κ1) is 16.2. The molecule has 2 heterocycles. The summed E-state index contributed by atoms with van der Waals surface area (Å²) in [4.78, 5) is 14.0. The van der Waals surface area contributed by atoms with Crippen LogP contribution in [0.3, 0.4) is 0 Å². The van der Waals surface area contributed by atoms with Crippen molar-refractivity contribution >= 4 is 28.9 Å². The average molecular weight is 333 g/mol. The van der Waals surface area contributed by atoms with Crippen molar-refractivity contribution in [1.29, 1.82) is 0 Å². The van der Waals surface area contributed by atoms with Gasteiger partial charge >= 0.3 is 0 Å². The highest BCUT2D eigenvalue weighted by Crippen LogP contribution is 2.36. The fraction of sp³-hybridized carbons (Fsp3) is 0.529. The lowest BCUT2D eigenvalue weighted by Gasteiger charge is -2.40. The molecule has 1 aromatic carbocycles. The lowest BCUT2D eigenvalue weighted by molar-refractivity contribution is -0.125. The van der Waals surface area contributed by atoms with E-state index in [-0.39, 0.29) is 18.6 Å². The van der Waals surface area contributed by atoms with Crippen molar-refractivity contribution in [3.8, 4) is 0 Å². The summed E-state index contributed by atoms with van der Waals surface area (Å²) < 4.78 is 4.89. The Morgan fingerprint density at radius 2 is 1.91 bits per heavy atom. The fourth-order valence-electron chi connectivity index (χ4n) is 3.74. The van der Waals surface area contributed by atoms with Gasteiger partial charge in [0.2, 0.25) is 5.91 Å². The van der Waals surface area contributed by atoms with Crippen LogP contribution >= 0.6 is 12.2 Å². The maximum atomic E-state index is 11.7. The topological polar surface area (TPSA) is 53.6 Å². The van der Waals surface area contributed by atoms with Gasteiger partial charge in [0.25, 0.3) is 0 Å². The van der Waals surface area contributed by atoms with Crippen molar-refractivity contribution in [1.82, 2.24) is 10.2 Å². The molecule has 2 atom stereocenters. The Kier molecular flexibility index (Phi) is 5.13. The molecule has 3 rings (SSSR count). The molecule has 5 nitrogen and oxygen atoms in total. The lowest BCUT2D eigenvalue weighted by Crippen LogP contribution is -2.53. The molecule has 2 unspecified atom stereocenters. The van der Waals surface area contributed by atoms with Gasteiger partial charge in [0.15, 0.2) is 5.11 Å². The number of amides is 1. The van der Waals surface area contributed by atoms with E-state index in [0.717, 1.165) is 36.5 Å². The first-order valence-electron chi connectivity index (χ1n) is 8.10. The third-order valence-electron chi connectivity index (χ3n) is 4.63. The number of ether oxygens (including phenoxy) is 1. The SMILES string of the molecule is COCC(=O)NC1CC2CCC(C1)N2C(=S)Nc1ccccc1. The van der Waals surface area contributed by atoms with Gasteiger partial charge in [-0.1, -0.05) is 18.2 Å². The molecule has 2 aliphatic heterocycles. The molecular formula is C17H23N3O2S. The molecule has 0 aromatic heterocycles. The minimum Gasteiger partial charge on any atom is -0.375 e. The molecule has 1 amide bonds. The zero-order chi connectivity index (χ0) is 16.2. The highest BCUT2D eigenvalue weighted by molar-refractivity contribution is 7.80. The molecule has 23 heavy (non-hydrogen) atoms. The summed E-state index contributed by atoms with van der Waals surface area (Å²) in [6, 6.07) is 11.1. The third kappa shape index (κ3) is 3.82. The summed E-state index contributed by atoms with van der Waals surface area (Å²) in [5.41, 5.74) is 1.02. The Morgan fingerprint density at radius 1 is 1.26 bits per heavy atom. The van der Waals surface area contributed by atoms with Crippen LogP contribution in [0.1, 0.15) is 25.7 Å². The number of methoxy groups -OCH3 is 1. The van der Waals surface area contributed by atoms with Crippen LogP contribution in [-0.2, 0) is 9.53 Å². The van der Waals surface area contributed by atoms with Crippen molar-refractivity contribution in [2.45, 2.75) is 43.8 Å². The smallest absolute Gasteiger partial charge is 0.246 e. The maximum Gasteiger partial charge on any atom is 0.246 e. The molecule has 0 spiro atoms. The number of carbonyl (C=O) groups excluding carboxylic acids is 1. The van der Waals surface area contributed by atoms with E-state index >= 15 is 0 Å². The maximum absolute atomic E-state index is 11.7. The van der Waals surface area contributed by atoms with Crippen LogP contribution in [0.5, 0.6) is 0 Å². The number of thiocarbonyl (C=S) groups is 1. The first-order valence-corrected chi connectivity index (χ1v) is 8.51. The van der Waals surface area contributed by atoms with E-state index in [0.29, 0.717) is 12.1 Å². The van der Waals surface area contributed by atoms with Crippen molar-refractivity contribution in [2.75, 3.05) is 19.0 Å². The number of rotatable bonds is 4. The summed E-state index contributed by atoms with van der Waals surface area (Å²) in [6.07, 6.45) is 4.17. The van der Waals surface area contributed by atoms with Gasteiger partial charge in [-0.15, -0.1) is 0 Å². The predicted molar refractivity (Wildman–Crippen MR) is 94.4 cm³/mol. The normalized spacial score (nSPS) is 26.0. The molecule has 2 saturated heterocycles. The Hall–Kier alpha value is -1.66. The number of anilines is 1. The fourth-order valence-corrected chi connectivity index (χ4v) is 4.15. The van der Waals surface area contributed by atoms with Crippen LogP contribution in [0.15, 0.2) is 30.3 Å². The Balaban J connectivity index is 1.59. The highest BCUT2D eigenvalue weighted by atomic mass is 32.1. The second-order valence-electron chi connectivity index (χ2n) is 6.26. The molecule has 2 N–H and O–H groups in total. The minimum absolute atomic E-state index is 0.0321. The zero-order valence-electron chi connectivity index (χ0n) is 13.3. The summed E-state index contributed by atoms with van der Waals surface area (Å²) in [5.74, 6) is -0.0321. The van der Waals surface area contributed by atoms with Gasteiger partial charge in [0, 0.05) is 30.9 Å². The van der Waals surface area contributed by atoms with Gasteiger partial charge in [-0.25, -0.2) is 0 Å². The van der Waals surface area contributed by atoms with Crippen molar-refractivity contribution < 1.29 is 9.53 Å². The van der Waals surface area contributed by atoms with E-state index in [1.165, 1.54) is 0 Å². The molecule has 1 aromatic rings. The predicted octanol–water partition coefficient (Wildman–Crippen LogP) is 2.14. The molecule has 0 saturated carbocycles. The number of nitrogens with one attached hydrogen (secondary N) is 2. The highest BCUT2D eigenvalue weighted by Gasteiger charge is 2.42. The van der Waals surface area contributed by atoms with E-state index in [1.54, 1.807) is 7.11 Å². The van der Waals surface area contributed by atoms with E-state index < -0.39 is 0 Å². The first-order chi connectivity index (χ1) is 11.2. The number of benzene rings is 1. The van der Waals surface area contributed by atoms with Gasteiger partial charge in [-0.05, 0) is 50.0 Å². The molecule has 0 radical (unpaired) electrons. The van der Waals surface area contributed by atoms with E-state index in [4.69, 9.17) is 17.0 Å². The Bertz CT molecular complexity index is 552. The number of piperidine rings is 1. The molecule has 2 fully saturated rings. The van der Waals surface area contributed by atoms with Gasteiger partial charge in [-0.3, -0.25) is 4.79 Å². The number of nitrogens with zero attached hydrogens (tertiary/aromatic N) is 1. The second kappa shape index (κ2) is 7.27. The van der Waals surface area contributed by atoms with Crippen LogP contribution in [-0.4, -0.2) is 47.8 Å². The van der Waals surface area contributed by atoms with E-state index in [9.17, 15) is 4.79 Å². The second-order valence-corrected chi connectivity index (χ2v) is 6.64. The van der Waals surface area contributed by atoms with Crippen molar-refractivity contribution in [3.05, 3.63) is 30.3 Å². The summed E-state index contributed by atoms with van der Waals surface area (Å²) in [7, 11) is 1.54. The summed E-state index contributed by atoms with van der Waals surface area (Å²) in [6.45, 7) is 0.128. The van der Waals surface area contributed by atoms with Crippen LogP contribution in [0.2, 0.25) is 0 Å². The van der Waals surface area contributed by atoms with Crippen LogP contribution < -0.4 is 10.6 Å². The minimum atomic E-state index is -0.0321. The van der Waals surface area contributed by atoms with Gasteiger partial charge in [0.05, 0.1) is 0 Å². The lowest BCUT2D eigenvalue weighted by atomic mass is 9.97. The van der Waals surface area contributed by atoms with Crippen molar-refractivity contribution in [3.63, 3.8) is 0 Å². The monoisotopic (exact) mass is 333 g/mol. The van der Waals surface area contributed by atoms with Crippen LogP contribution in [0, 0.1) is 0 Å². The molecule has 124 valence electrons.